The molecule has 1 aliphatic rings. The number of benzene rings is 1. The summed E-state index contributed by atoms with van der Waals surface area (Å²) in [4.78, 5) is 0. The SMILES string of the molecule is C[C@@H]1O[C@H](CCc2ccccc2)OCC1(C)C. The summed E-state index contributed by atoms with van der Waals surface area (Å²) in [5.41, 5.74) is 1.47. The predicted octanol–water partition coefficient (Wildman–Crippen LogP) is 3.41. The Morgan fingerprint density at radius 3 is 2.59 bits per heavy atom. The quantitative estimate of drug-likeness (QED) is 0.798. The molecular formula is C15H22O2. The molecule has 0 unspecified atom stereocenters. The summed E-state index contributed by atoms with van der Waals surface area (Å²) in [7, 11) is 0. The van der Waals surface area contributed by atoms with E-state index < -0.39 is 0 Å². The summed E-state index contributed by atoms with van der Waals surface area (Å²) in [6.45, 7) is 7.29. The van der Waals surface area contributed by atoms with Gasteiger partial charge in [0.1, 0.15) is 0 Å². The molecule has 2 atom stereocenters. The Balaban J connectivity index is 1.82. The van der Waals surface area contributed by atoms with Crippen LogP contribution in [0.5, 0.6) is 0 Å². The van der Waals surface area contributed by atoms with E-state index >= 15 is 0 Å². The highest BCUT2D eigenvalue weighted by Crippen LogP contribution is 2.30. The molecule has 0 saturated carbocycles. The maximum absolute atomic E-state index is 5.90. The van der Waals surface area contributed by atoms with Crippen molar-refractivity contribution in [3.05, 3.63) is 35.9 Å². The summed E-state index contributed by atoms with van der Waals surface area (Å²) in [6, 6.07) is 10.5. The second kappa shape index (κ2) is 5.19. The molecule has 1 heterocycles. The zero-order valence-electron chi connectivity index (χ0n) is 11.0. The van der Waals surface area contributed by atoms with Crippen LogP contribution in [0.25, 0.3) is 0 Å². The average molecular weight is 234 g/mol. The minimum atomic E-state index is -0.0433. The third-order valence-electron chi connectivity index (χ3n) is 3.61. The topological polar surface area (TPSA) is 18.5 Å². The van der Waals surface area contributed by atoms with Gasteiger partial charge in [0, 0.05) is 11.8 Å². The van der Waals surface area contributed by atoms with Crippen molar-refractivity contribution >= 4 is 0 Å². The molecule has 2 rings (SSSR count). The lowest BCUT2D eigenvalue weighted by atomic mass is 9.87. The lowest BCUT2D eigenvalue weighted by Gasteiger charge is -2.40. The van der Waals surface area contributed by atoms with Crippen LogP contribution in [-0.4, -0.2) is 19.0 Å². The van der Waals surface area contributed by atoms with E-state index in [1.54, 1.807) is 0 Å². The Morgan fingerprint density at radius 2 is 1.94 bits per heavy atom. The number of ether oxygens (including phenoxy) is 2. The van der Waals surface area contributed by atoms with Crippen molar-refractivity contribution in [2.75, 3.05) is 6.61 Å². The van der Waals surface area contributed by atoms with E-state index in [0.29, 0.717) is 0 Å². The lowest BCUT2D eigenvalue weighted by molar-refractivity contribution is -0.255. The number of aryl methyl sites for hydroxylation is 1. The van der Waals surface area contributed by atoms with Crippen LogP contribution in [0.1, 0.15) is 32.8 Å². The monoisotopic (exact) mass is 234 g/mol. The van der Waals surface area contributed by atoms with Crippen molar-refractivity contribution in [1.82, 2.24) is 0 Å². The first-order valence-electron chi connectivity index (χ1n) is 6.39. The Hall–Kier alpha value is -0.860. The molecule has 1 aromatic rings. The fraction of sp³-hybridized carbons (Fsp3) is 0.600. The molecule has 0 aromatic heterocycles. The normalized spacial score (nSPS) is 27.9. The zero-order chi connectivity index (χ0) is 12.3. The third-order valence-corrected chi connectivity index (χ3v) is 3.61. The van der Waals surface area contributed by atoms with Gasteiger partial charge < -0.3 is 9.47 Å². The van der Waals surface area contributed by atoms with Crippen LogP contribution in [-0.2, 0) is 15.9 Å². The molecule has 2 heteroatoms. The van der Waals surface area contributed by atoms with Gasteiger partial charge in [0.2, 0.25) is 0 Å². The molecule has 17 heavy (non-hydrogen) atoms. The zero-order valence-corrected chi connectivity index (χ0v) is 11.0. The smallest absolute Gasteiger partial charge is 0.158 e. The van der Waals surface area contributed by atoms with Crippen LogP contribution in [0.2, 0.25) is 0 Å². The van der Waals surface area contributed by atoms with Crippen LogP contribution in [0, 0.1) is 5.41 Å². The molecule has 1 aromatic carbocycles. The van der Waals surface area contributed by atoms with Gasteiger partial charge in [-0.15, -0.1) is 0 Å². The first kappa shape index (κ1) is 12.6. The Morgan fingerprint density at radius 1 is 1.24 bits per heavy atom. The van der Waals surface area contributed by atoms with E-state index in [1.807, 2.05) is 6.07 Å². The van der Waals surface area contributed by atoms with Gasteiger partial charge in [-0.1, -0.05) is 44.2 Å². The molecular weight excluding hydrogens is 212 g/mol. The van der Waals surface area contributed by atoms with E-state index in [2.05, 4.69) is 45.0 Å². The Labute approximate surface area is 104 Å². The van der Waals surface area contributed by atoms with Crippen LogP contribution in [0.15, 0.2) is 30.3 Å². The van der Waals surface area contributed by atoms with E-state index in [9.17, 15) is 0 Å². The van der Waals surface area contributed by atoms with Gasteiger partial charge in [-0.3, -0.25) is 0 Å². The third kappa shape index (κ3) is 3.30. The standard InChI is InChI=1S/C15H22O2/c1-12-15(2,3)11-16-14(17-12)10-9-13-7-5-4-6-8-13/h4-8,12,14H,9-11H2,1-3H3/t12-,14+/m0/s1. The van der Waals surface area contributed by atoms with Crippen molar-refractivity contribution in [1.29, 1.82) is 0 Å². The number of hydrogen-bond donors (Lipinski definition) is 0. The highest BCUT2D eigenvalue weighted by molar-refractivity contribution is 5.14. The molecule has 94 valence electrons. The molecule has 0 radical (unpaired) electrons. The molecule has 0 spiro atoms. The van der Waals surface area contributed by atoms with Gasteiger partial charge in [-0.25, -0.2) is 0 Å². The molecule has 0 N–H and O–H groups in total. The maximum atomic E-state index is 5.90. The Kier molecular flexibility index (Phi) is 3.85. The van der Waals surface area contributed by atoms with Crippen molar-refractivity contribution in [3.8, 4) is 0 Å². The summed E-state index contributed by atoms with van der Waals surface area (Å²) >= 11 is 0. The van der Waals surface area contributed by atoms with E-state index in [-0.39, 0.29) is 17.8 Å². The summed E-state index contributed by atoms with van der Waals surface area (Å²) < 4.78 is 11.7. The van der Waals surface area contributed by atoms with E-state index in [4.69, 9.17) is 9.47 Å². The first-order chi connectivity index (χ1) is 8.08. The van der Waals surface area contributed by atoms with Gasteiger partial charge >= 0.3 is 0 Å². The average Bonchev–Trinajstić information content (AvgIpc) is 2.32. The molecule has 0 bridgehead atoms. The largest absolute Gasteiger partial charge is 0.352 e. The predicted molar refractivity (Wildman–Crippen MR) is 68.8 cm³/mol. The molecule has 2 nitrogen and oxygen atoms in total. The lowest BCUT2D eigenvalue weighted by Crippen LogP contribution is -2.44. The van der Waals surface area contributed by atoms with Crippen LogP contribution < -0.4 is 0 Å². The van der Waals surface area contributed by atoms with E-state index in [1.165, 1.54) is 5.56 Å². The van der Waals surface area contributed by atoms with Gasteiger partial charge in [-0.05, 0) is 18.9 Å². The van der Waals surface area contributed by atoms with Crippen LogP contribution >= 0.6 is 0 Å². The highest BCUT2D eigenvalue weighted by atomic mass is 16.7. The Bertz CT molecular complexity index is 345. The summed E-state index contributed by atoms with van der Waals surface area (Å²) in [5.74, 6) is 0. The summed E-state index contributed by atoms with van der Waals surface area (Å²) in [5, 5.41) is 0. The number of rotatable bonds is 3. The van der Waals surface area contributed by atoms with E-state index in [0.717, 1.165) is 19.4 Å². The molecule has 0 amide bonds. The van der Waals surface area contributed by atoms with Crippen LogP contribution in [0.4, 0.5) is 0 Å². The van der Waals surface area contributed by atoms with Gasteiger partial charge in [0.05, 0.1) is 12.7 Å². The highest BCUT2D eigenvalue weighted by Gasteiger charge is 2.34. The minimum Gasteiger partial charge on any atom is -0.352 e. The summed E-state index contributed by atoms with van der Waals surface area (Å²) in [6.07, 6.45) is 2.17. The first-order valence-corrected chi connectivity index (χ1v) is 6.39. The van der Waals surface area contributed by atoms with Gasteiger partial charge in [0.25, 0.3) is 0 Å². The van der Waals surface area contributed by atoms with Crippen molar-refractivity contribution in [2.45, 2.75) is 46.0 Å². The molecule has 1 fully saturated rings. The second-order valence-electron chi connectivity index (χ2n) is 5.53. The van der Waals surface area contributed by atoms with Crippen molar-refractivity contribution < 1.29 is 9.47 Å². The second-order valence-corrected chi connectivity index (χ2v) is 5.53. The molecule has 1 saturated heterocycles. The maximum Gasteiger partial charge on any atom is 0.158 e. The van der Waals surface area contributed by atoms with Gasteiger partial charge in [-0.2, -0.15) is 0 Å². The molecule has 0 aliphatic carbocycles. The minimum absolute atomic E-state index is 0.0433. The van der Waals surface area contributed by atoms with Crippen molar-refractivity contribution in [3.63, 3.8) is 0 Å². The molecule has 1 aliphatic heterocycles. The van der Waals surface area contributed by atoms with Crippen molar-refractivity contribution in [2.24, 2.45) is 5.41 Å². The number of hydrogen-bond acceptors (Lipinski definition) is 2. The fourth-order valence-electron chi connectivity index (χ4n) is 1.96. The van der Waals surface area contributed by atoms with Gasteiger partial charge in [0.15, 0.2) is 6.29 Å². The fourth-order valence-corrected chi connectivity index (χ4v) is 1.96. The van der Waals surface area contributed by atoms with Crippen LogP contribution in [0.3, 0.4) is 0 Å².